The van der Waals surface area contributed by atoms with Gasteiger partial charge in [-0.05, 0) is 96.3 Å². The number of esters is 3. The molecule has 0 N–H and O–H groups in total. The van der Waals surface area contributed by atoms with Gasteiger partial charge in [0.1, 0.15) is 13.2 Å². The molecule has 0 aliphatic carbocycles. The molecule has 0 heterocycles. The van der Waals surface area contributed by atoms with Crippen molar-refractivity contribution in [1.82, 2.24) is 0 Å². The van der Waals surface area contributed by atoms with E-state index in [0.29, 0.717) is 19.3 Å². The molecule has 0 radical (unpaired) electrons. The Kier molecular flexibility index (Phi) is 63.7. The second kappa shape index (κ2) is 66.8. The molecule has 0 amide bonds. The van der Waals surface area contributed by atoms with Crippen LogP contribution >= 0.6 is 0 Å². The Balaban J connectivity index is 4.21. The first-order chi connectivity index (χ1) is 39.0. The molecular formula is C73H126O6. The second-order valence-electron chi connectivity index (χ2n) is 22.4. The molecule has 1 unspecified atom stereocenters. The third-order valence-electron chi connectivity index (χ3n) is 14.6. The molecule has 0 saturated carbocycles. The maximum atomic E-state index is 12.9. The van der Waals surface area contributed by atoms with Crippen LogP contribution in [0.5, 0.6) is 0 Å². The summed E-state index contributed by atoms with van der Waals surface area (Å²) in [6.07, 6.45) is 90.0. The molecule has 79 heavy (non-hydrogen) atoms. The summed E-state index contributed by atoms with van der Waals surface area (Å²) in [7, 11) is 0. The summed E-state index contributed by atoms with van der Waals surface area (Å²) < 4.78 is 16.9. The summed E-state index contributed by atoms with van der Waals surface area (Å²) in [4.78, 5) is 38.3. The van der Waals surface area contributed by atoms with Crippen molar-refractivity contribution in [2.75, 3.05) is 13.2 Å². The summed E-state index contributed by atoms with van der Waals surface area (Å²) in [5.74, 6) is -0.883. The van der Waals surface area contributed by atoms with Crippen molar-refractivity contribution in [3.05, 3.63) is 97.2 Å². The van der Waals surface area contributed by atoms with Crippen molar-refractivity contribution < 1.29 is 28.6 Å². The summed E-state index contributed by atoms with van der Waals surface area (Å²) in [6.45, 7) is 6.49. The van der Waals surface area contributed by atoms with Crippen LogP contribution in [0.1, 0.15) is 329 Å². The minimum Gasteiger partial charge on any atom is -0.462 e. The largest absolute Gasteiger partial charge is 0.462 e. The first-order valence-corrected chi connectivity index (χ1v) is 33.7. The van der Waals surface area contributed by atoms with Gasteiger partial charge in [-0.2, -0.15) is 0 Å². The topological polar surface area (TPSA) is 78.9 Å². The van der Waals surface area contributed by atoms with E-state index in [1.54, 1.807) is 0 Å². The fraction of sp³-hybridized carbons (Fsp3) is 0.740. The highest BCUT2D eigenvalue weighted by Crippen LogP contribution is 2.17. The van der Waals surface area contributed by atoms with Crippen molar-refractivity contribution in [3.63, 3.8) is 0 Å². The summed E-state index contributed by atoms with van der Waals surface area (Å²) in [5.41, 5.74) is 0. The van der Waals surface area contributed by atoms with Gasteiger partial charge in [-0.15, -0.1) is 0 Å². The van der Waals surface area contributed by atoms with E-state index in [-0.39, 0.29) is 31.1 Å². The molecule has 0 saturated heterocycles. The number of hydrogen-bond donors (Lipinski definition) is 0. The SMILES string of the molecule is CC/C=C\C/C=C\C/C=C\C/C=C\C/C=C\C/C=C\C/C=C\CCCCCCCCCCCC(=O)OCC(COC(=O)CCCCCCC/C=C\CCC)OC(=O)CCCCCCCCCCCCCCCCCCCCCC. The average molecular weight is 1100 g/mol. The highest BCUT2D eigenvalue weighted by atomic mass is 16.6. The molecule has 6 nitrogen and oxygen atoms in total. The molecule has 454 valence electrons. The van der Waals surface area contributed by atoms with Crippen LogP contribution in [0, 0.1) is 0 Å². The van der Waals surface area contributed by atoms with Crippen molar-refractivity contribution >= 4 is 17.9 Å². The van der Waals surface area contributed by atoms with Gasteiger partial charge < -0.3 is 14.2 Å². The average Bonchev–Trinajstić information content (AvgIpc) is 3.45. The molecule has 0 spiro atoms. The first-order valence-electron chi connectivity index (χ1n) is 33.7. The van der Waals surface area contributed by atoms with Gasteiger partial charge in [0.25, 0.3) is 0 Å². The van der Waals surface area contributed by atoms with E-state index in [9.17, 15) is 14.4 Å². The highest BCUT2D eigenvalue weighted by molar-refractivity contribution is 5.71. The minimum absolute atomic E-state index is 0.0803. The summed E-state index contributed by atoms with van der Waals surface area (Å²) in [6, 6.07) is 0. The summed E-state index contributed by atoms with van der Waals surface area (Å²) in [5, 5.41) is 0. The Bertz CT molecular complexity index is 1540. The number of unbranched alkanes of at least 4 members (excludes halogenated alkanes) is 34. The van der Waals surface area contributed by atoms with Gasteiger partial charge in [0.05, 0.1) is 0 Å². The van der Waals surface area contributed by atoms with Crippen LogP contribution in [0.25, 0.3) is 0 Å². The molecule has 0 aliphatic rings. The van der Waals surface area contributed by atoms with Gasteiger partial charge >= 0.3 is 17.9 Å². The van der Waals surface area contributed by atoms with Gasteiger partial charge in [-0.1, -0.05) is 311 Å². The molecule has 0 aliphatic heterocycles. The minimum atomic E-state index is -0.782. The second-order valence-corrected chi connectivity index (χ2v) is 22.4. The van der Waals surface area contributed by atoms with E-state index in [4.69, 9.17) is 14.2 Å². The van der Waals surface area contributed by atoms with Crippen LogP contribution < -0.4 is 0 Å². The zero-order valence-corrected chi connectivity index (χ0v) is 52.1. The zero-order valence-electron chi connectivity index (χ0n) is 52.1. The third-order valence-corrected chi connectivity index (χ3v) is 14.6. The van der Waals surface area contributed by atoms with E-state index in [1.807, 2.05) is 0 Å². The lowest BCUT2D eigenvalue weighted by Gasteiger charge is -2.18. The zero-order chi connectivity index (χ0) is 57.1. The lowest BCUT2D eigenvalue weighted by molar-refractivity contribution is -0.167. The van der Waals surface area contributed by atoms with Gasteiger partial charge in [-0.3, -0.25) is 14.4 Å². The monoisotopic (exact) mass is 1100 g/mol. The third kappa shape index (κ3) is 65.0. The predicted molar refractivity (Wildman–Crippen MR) is 344 cm³/mol. The van der Waals surface area contributed by atoms with Crippen molar-refractivity contribution in [2.24, 2.45) is 0 Å². The molecule has 0 rings (SSSR count). The van der Waals surface area contributed by atoms with Crippen LogP contribution in [0.2, 0.25) is 0 Å². The van der Waals surface area contributed by atoms with Crippen molar-refractivity contribution in [1.29, 1.82) is 0 Å². The quantitative estimate of drug-likeness (QED) is 0.0261. The Morgan fingerprint density at radius 1 is 0.266 bits per heavy atom. The van der Waals surface area contributed by atoms with E-state index in [0.717, 1.165) is 122 Å². The van der Waals surface area contributed by atoms with Gasteiger partial charge in [0, 0.05) is 19.3 Å². The Hall–Kier alpha value is -3.67. The molecule has 0 aromatic heterocycles. The number of allylic oxidation sites excluding steroid dienone is 16. The molecule has 0 fully saturated rings. The molecule has 0 aromatic rings. The Morgan fingerprint density at radius 2 is 0.519 bits per heavy atom. The number of carbonyl (C=O) groups excluding carboxylic acids is 3. The van der Waals surface area contributed by atoms with E-state index in [1.165, 1.54) is 167 Å². The Labute approximate surface area is 489 Å². The summed E-state index contributed by atoms with van der Waals surface area (Å²) >= 11 is 0. The van der Waals surface area contributed by atoms with Crippen molar-refractivity contribution in [2.45, 2.75) is 335 Å². The highest BCUT2D eigenvalue weighted by Gasteiger charge is 2.19. The van der Waals surface area contributed by atoms with E-state index in [2.05, 4.69) is 118 Å². The number of carbonyl (C=O) groups is 3. The van der Waals surface area contributed by atoms with E-state index >= 15 is 0 Å². The van der Waals surface area contributed by atoms with Crippen LogP contribution in [-0.4, -0.2) is 37.2 Å². The van der Waals surface area contributed by atoms with Crippen LogP contribution in [-0.2, 0) is 28.6 Å². The Morgan fingerprint density at radius 3 is 0.835 bits per heavy atom. The maximum Gasteiger partial charge on any atom is 0.306 e. The van der Waals surface area contributed by atoms with Crippen LogP contribution in [0.3, 0.4) is 0 Å². The van der Waals surface area contributed by atoms with Crippen LogP contribution in [0.4, 0.5) is 0 Å². The van der Waals surface area contributed by atoms with Gasteiger partial charge in [0.15, 0.2) is 6.10 Å². The fourth-order valence-electron chi connectivity index (χ4n) is 9.55. The number of rotatable bonds is 61. The molecular weight excluding hydrogens is 973 g/mol. The predicted octanol–water partition coefficient (Wildman–Crippen LogP) is 23.2. The molecule has 0 aromatic carbocycles. The fourth-order valence-corrected chi connectivity index (χ4v) is 9.55. The first kappa shape index (κ1) is 75.3. The van der Waals surface area contributed by atoms with Crippen molar-refractivity contribution in [3.8, 4) is 0 Å². The van der Waals surface area contributed by atoms with Crippen LogP contribution in [0.15, 0.2) is 97.2 Å². The molecule has 1 atom stereocenters. The number of ether oxygens (including phenoxy) is 3. The van der Waals surface area contributed by atoms with Gasteiger partial charge in [-0.25, -0.2) is 0 Å². The van der Waals surface area contributed by atoms with E-state index < -0.39 is 6.10 Å². The van der Waals surface area contributed by atoms with Gasteiger partial charge in [0.2, 0.25) is 0 Å². The lowest BCUT2D eigenvalue weighted by atomic mass is 10.0. The number of hydrogen-bond acceptors (Lipinski definition) is 6. The molecule has 0 bridgehead atoms. The normalized spacial score (nSPS) is 12.7. The lowest BCUT2D eigenvalue weighted by Crippen LogP contribution is -2.30. The molecule has 6 heteroatoms. The smallest absolute Gasteiger partial charge is 0.306 e. The maximum absolute atomic E-state index is 12.9. The standard InChI is InChI=1S/C73H126O6/c1-4-7-10-13-16-19-22-24-26-28-30-32-33-34-35-36-37-38-39-40-41-42-44-45-47-49-51-54-57-60-63-66-72(75)78-69-70(68-77-71(74)65-62-59-56-53-21-18-15-12-9-6-3)79-73(76)67-64-61-58-55-52-50-48-46-43-31-29-27-25-23-20-17-14-11-8-5-2/h7,10,12,15-16,19,24,26,30,32,34-35,37-38,40-41,70H,4-6,8-9,11,13-14,17-18,20-23,25,27-29,31,33,36,39,42-69H2,1-3H3/b10-7-,15-12-,19-16-,26-24-,32-30-,35-34-,38-37-,41-40-.